The number of nitrogens with zero attached hydrogens (tertiary/aromatic N) is 2. The molecule has 0 unspecified atom stereocenters. The quantitative estimate of drug-likeness (QED) is 0.601. The molecule has 0 fully saturated rings. The summed E-state index contributed by atoms with van der Waals surface area (Å²) in [6.07, 6.45) is 7.08. The highest BCUT2D eigenvalue weighted by Crippen LogP contribution is 2.14. The summed E-state index contributed by atoms with van der Waals surface area (Å²) < 4.78 is 1.69. The Hall–Kier alpha value is -3.21. The Morgan fingerprint density at radius 2 is 1.68 bits per heavy atom. The molecular weight excluding hydrogens is 350 g/mol. The highest BCUT2D eigenvalue weighted by molar-refractivity contribution is 6.07. The highest BCUT2D eigenvalue weighted by Gasteiger charge is 2.13. The number of rotatable bonds is 8. The van der Waals surface area contributed by atoms with Gasteiger partial charge in [0.05, 0.1) is 6.42 Å². The number of hydrogen-bond donors (Lipinski definition) is 1. The zero-order valence-corrected chi connectivity index (χ0v) is 16.3. The van der Waals surface area contributed by atoms with Crippen molar-refractivity contribution >= 4 is 17.4 Å². The van der Waals surface area contributed by atoms with Gasteiger partial charge in [-0.3, -0.25) is 9.59 Å². The molecule has 0 radical (unpaired) electrons. The Balaban J connectivity index is 1.57. The van der Waals surface area contributed by atoms with Crippen LogP contribution in [0.3, 0.4) is 0 Å². The molecule has 1 amide bonds. The lowest BCUT2D eigenvalue weighted by atomic mass is 10.0. The van der Waals surface area contributed by atoms with Crippen LogP contribution in [0.4, 0.5) is 5.69 Å². The number of amides is 1. The van der Waals surface area contributed by atoms with Crippen LogP contribution in [0.5, 0.6) is 0 Å². The van der Waals surface area contributed by atoms with Gasteiger partial charge in [0.2, 0.25) is 11.7 Å². The van der Waals surface area contributed by atoms with Crippen LogP contribution in [0, 0.1) is 0 Å². The van der Waals surface area contributed by atoms with E-state index in [1.807, 2.05) is 12.1 Å². The van der Waals surface area contributed by atoms with Gasteiger partial charge in [-0.1, -0.05) is 37.6 Å². The fourth-order valence-corrected chi connectivity index (χ4v) is 3.01. The van der Waals surface area contributed by atoms with Crippen LogP contribution in [0.1, 0.15) is 47.1 Å². The van der Waals surface area contributed by atoms with E-state index < -0.39 is 0 Å². The highest BCUT2D eigenvalue weighted by atomic mass is 16.1. The molecule has 0 bridgehead atoms. The van der Waals surface area contributed by atoms with Crippen LogP contribution >= 0.6 is 0 Å². The van der Waals surface area contributed by atoms with E-state index in [-0.39, 0.29) is 11.7 Å². The van der Waals surface area contributed by atoms with Crippen molar-refractivity contribution < 1.29 is 9.59 Å². The third-order valence-corrected chi connectivity index (χ3v) is 4.66. The Bertz CT molecular complexity index is 941. The number of nitrogens with one attached hydrogen (secondary N) is 1. The van der Waals surface area contributed by atoms with Gasteiger partial charge in [-0.2, -0.15) is 0 Å². The lowest BCUT2D eigenvalue weighted by molar-refractivity contribution is -0.115. The maximum absolute atomic E-state index is 12.4. The van der Waals surface area contributed by atoms with Crippen LogP contribution in [0.2, 0.25) is 0 Å². The molecule has 28 heavy (non-hydrogen) atoms. The summed E-state index contributed by atoms with van der Waals surface area (Å²) in [5.74, 6) is 0.164. The fraction of sp³-hybridized carbons (Fsp3) is 0.261. The molecule has 3 aromatic rings. The van der Waals surface area contributed by atoms with Gasteiger partial charge in [0.15, 0.2) is 5.82 Å². The summed E-state index contributed by atoms with van der Waals surface area (Å²) in [7, 11) is 1.78. The first kappa shape index (κ1) is 19.5. The zero-order valence-electron chi connectivity index (χ0n) is 16.3. The smallest absolute Gasteiger partial charge is 0.228 e. The second-order valence-electron chi connectivity index (χ2n) is 6.91. The molecule has 0 aliphatic heterocycles. The molecule has 0 spiro atoms. The fourth-order valence-electron chi connectivity index (χ4n) is 3.01. The van der Waals surface area contributed by atoms with Crippen molar-refractivity contribution in [2.45, 2.75) is 32.6 Å². The predicted molar refractivity (Wildman–Crippen MR) is 110 cm³/mol. The third kappa shape index (κ3) is 4.94. The van der Waals surface area contributed by atoms with Crippen molar-refractivity contribution in [3.63, 3.8) is 0 Å². The van der Waals surface area contributed by atoms with Crippen molar-refractivity contribution in [1.29, 1.82) is 0 Å². The summed E-state index contributed by atoms with van der Waals surface area (Å²) in [4.78, 5) is 28.8. The number of aromatic nitrogens is 2. The average molecular weight is 375 g/mol. The van der Waals surface area contributed by atoms with E-state index in [2.05, 4.69) is 29.4 Å². The van der Waals surface area contributed by atoms with Crippen molar-refractivity contribution in [2.24, 2.45) is 7.05 Å². The van der Waals surface area contributed by atoms with Crippen molar-refractivity contribution in [2.75, 3.05) is 5.32 Å². The Morgan fingerprint density at radius 1 is 1.00 bits per heavy atom. The first-order valence-corrected chi connectivity index (χ1v) is 9.56. The van der Waals surface area contributed by atoms with E-state index in [4.69, 9.17) is 0 Å². The minimum atomic E-state index is -0.145. The molecule has 144 valence electrons. The van der Waals surface area contributed by atoms with Crippen LogP contribution in [0.25, 0.3) is 0 Å². The predicted octanol–water partition coefficient (Wildman–Crippen LogP) is 4.17. The number of hydrogen-bond acceptors (Lipinski definition) is 3. The molecule has 0 atom stereocenters. The Labute approximate surface area is 165 Å². The summed E-state index contributed by atoms with van der Waals surface area (Å²) >= 11 is 0. The van der Waals surface area contributed by atoms with Gasteiger partial charge in [0, 0.05) is 30.7 Å². The van der Waals surface area contributed by atoms with Gasteiger partial charge < -0.3 is 9.88 Å². The lowest BCUT2D eigenvalue weighted by Gasteiger charge is -2.07. The molecule has 2 aromatic carbocycles. The molecule has 0 aliphatic carbocycles. The van der Waals surface area contributed by atoms with Crippen LogP contribution in [-0.4, -0.2) is 21.2 Å². The first-order chi connectivity index (χ1) is 13.6. The summed E-state index contributed by atoms with van der Waals surface area (Å²) in [6.45, 7) is 2.18. The SMILES string of the molecule is CCCCc1ccc(CC(=O)Nc2ccc(C(=O)c3nccn3C)cc2)cc1. The number of ketones is 1. The van der Waals surface area contributed by atoms with Crippen molar-refractivity contribution in [3.8, 4) is 0 Å². The Morgan fingerprint density at radius 3 is 2.29 bits per heavy atom. The number of benzene rings is 2. The molecule has 1 aromatic heterocycles. The molecule has 0 saturated heterocycles. The van der Waals surface area contributed by atoms with E-state index in [9.17, 15) is 9.59 Å². The minimum Gasteiger partial charge on any atom is -0.331 e. The summed E-state index contributed by atoms with van der Waals surface area (Å²) in [6, 6.07) is 15.1. The Kier molecular flexibility index (Phi) is 6.37. The number of unbranched alkanes of at least 4 members (excludes halogenated alkanes) is 1. The normalized spacial score (nSPS) is 10.6. The van der Waals surface area contributed by atoms with E-state index >= 15 is 0 Å². The van der Waals surface area contributed by atoms with Gasteiger partial charge in [-0.15, -0.1) is 0 Å². The zero-order chi connectivity index (χ0) is 19.9. The van der Waals surface area contributed by atoms with E-state index in [0.29, 0.717) is 23.5 Å². The minimum absolute atomic E-state index is 0.0792. The van der Waals surface area contributed by atoms with Gasteiger partial charge in [-0.05, 0) is 48.2 Å². The lowest BCUT2D eigenvalue weighted by Crippen LogP contribution is -2.14. The molecule has 5 nitrogen and oxygen atoms in total. The molecule has 1 N–H and O–H groups in total. The summed E-state index contributed by atoms with van der Waals surface area (Å²) in [5.41, 5.74) is 3.49. The van der Waals surface area contributed by atoms with Crippen LogP contribution < -0.4 is 5.32 Å². The molecule has 0 aliphatic rings. The first-order valence-electron chi connectivity index (χ1n) is 9.56. The van der Waals surface area contributed by atoms with Crippen molar-refractivity contribution in [3.05, 3.63) is 83.4 Å². The molecule has 1 heterocycles. The maximum atomic E-state index is 12.4. The molecule has 5 heteroatoms. The third-order valence-electron chi connectivity index (χ3n) is 4.66. The molecular formula is C23H25N3O2. The number of carbonyl (C=O) groups excluding carboxylic acids is 2. The standard InChI is InChI=1S/C23H25N3O2/c1-3-4-5-17-6-8-18(9-7-17)16-21(27)25-20-12-10-19(11-13-20)22(28)23-24-14-15-26(23)2/h6-15H,3-5,16H2,1-2H3,(H,25,27). The second-order valence-corrected chi connectivity index (χ2v) is 6.91. The number of carbonyl (C=O) groups is 2. The van der Waals surface area contributed by atoms with Gasteiger partial charge >= 0.3 is 0 Å². The van der Waals surface area contributed by atoms with Crippen LogP contribution in [0.15, 0.2) is 60.9 Å². The molecule has 3 rings (SSSR count). The largest absolute Gasteiger partial charge is 0.331 e. The van der Waals surface area contributed by atoms with Gasteiger partial charge in [-0.25, -0.2) is 4.98 Å². The monoisotopic (exact) mass is 375 g/mol. The van der Waals surface area contributed by atoms with E-state index in [1.165, 1.54) is 18.4 Å². The number of anilines is 1. The van der Waals surface area contributed by atoms with Crippen LogP contribution in [-0.2, 0) is 24.7 Å². The maximum Gasteiger partial charge on any atom is 0.228 e. The van der Waals surface area contributed by atoms with E-state index in [1.54, 1.807) is 48.3 Å². The van der Waals surface area contributed by atoms with Gasteiger partial charge in [0.25, 0.3) is 0 Å². The topological polar surface area (TPSA) is 64.0 Å². The molecule has 0 saturated carbocycles. The van der Waals surface area contributed by atoms with Gasteiger partial charge in [0.1, 0.15) is 0 Å². The average Bonchev–Trinajstić information content (AvgIpc) is 3.13. The second kappa shape index (κ2) is 9.13. The van der Waals surface area contributed by atoms with E-state index in [0.717, 1.165) is 12.0 Å². The van der Waals surface area contributed by atoms with Crippen molar-refractivity contribution in [1.82, 2.24) is 9.55 Å². The summed E-state index contributed by atoms with van der Waals surface area (Å²) in [5, 5.41) is 2.88. The number of imidazole rings is 1. The number of aryl methyl sites for hydroxylation is 2.